The van der Waals surface area contributed by atoms with Gasteiger partial charge in [0.05, 0.1) is 31.6 Å². The first-order valence-corrected chi connectivity index (χ1v) is 11.4. The van der Waals surface area contributed by atoms with E-state index in [0.29, 0.717) is 32.0 Å². The molecule has 31 heavy (non-hydrogen) atoms. The van der Waals surface area contributed by atoms with Crippen LogP contribution in [0.2, 0.25) is 20.1 Å². The first kappa shape index (κ1) is 23.8. The highest BCUT2D eigenvalue weighted by Gasteiger charge is 2.17. The van der Waals surface area contributed by atoms with Gasteiger partial charge >= 0.3 is 0 Å². The molecule has 3 aromatic rings. The van der Waals surface area contributed by atoms with Crippen LogP contribution in [0.3, 0.4) is 0 Å². The van der Waals surface area contributed by atoms with Crippen molar-refractivity contribution >= 4 is 81.4 Å². The molecular weight excluding hydrogens is 498 g/mol. The zero-order valence-corrected chi connectivity index (χ0v) is 19.9. The Balaban J connectivity index is 1.66. The molecule has 0 aliphatic carbocycles. The van der Waals surface area contributed by atoms with Crippen LogP contribution < -0.4 is 10.6 Å². The molecule has 3 rings (SSSR count). The normalized spacial score (nSPS) is 11.6. The third-order valence-corrected chi connectivity index (χ3v) is 6.62. The van der Waals surface area contributed by atoms with Gasteiger partial charge in [0.15, 0.2) is 0 Å². The van der Waals surface area contributed by atoms with Crippen LogP contribution in [0.1, 0.15) is 17.3 Å². The molecule has 0 aliphatic rings. The Bertz CT molecular complexity index is 1140. The van der Waals surface area contributed by atoms with Gasteiger partial charge in [-0.3, -0.25) is 9.59 Å². The Hall–Kier alpha value is -1.89. The van der Waals surface area contributed by atoms with Crippen molar-refractivity contribution in [2.75, 3.05) is 10.6 Å². The maximum absolute atomic E-state index is 12.6. The summed E-state index contributed by atoms with van der Waals surface area (Å²) in [6, 6.07) is 16.9. The predicted octanol–water partition coefficient (Wildman–Crippen LogP) is 7.67. The van der Waals surface area contributed by atoms with Gasteiger partial charge < -0.3 is 10.6 Å². The van der Waals surface area contributed by atoms with Crippen molar-refractivity contribution in [1.29, 1.82) is 0 Å². The lowest BCUT2D eigenvalue weighted by Crippen LogP contribution is -2.22. The Morgan fingerprint density at radius 3 is 2.35 bits per heavy atom. The summed E-state index contributed by atoms with van der Waals surface area (Å²) in [5.74, 6) is -0.582. The number of carbonyl (C=O) groups excluding carboxylic acids is 2. The molecule has 2 N–H and O–H groups in total. The van der Waals surface area contributed by atoms with Crippen LogP contribution in [0.4, 0.5) is 11.4 Å². The summed E-state index contributed by atoms with van der Waals surface area (Å²) in [4.78, 5) is 25.9. The van der Waals surface area contributed by atoms with Crippen LogP contribution in [0, 0.1) is 0 Å². The number of anilines is 2. The highest BCUT2D eigenvalue weighted by Crippen LogP contribution is 2.31. The maximum atomic E-state index is 12.6. The van der Waals surface area contributed by atoms with E-state index in [1.54, 1.807) is 55.5 Å². The number of benzene rings is 3. The third-order valence-electron chi connectivity index (χ3n) is 4.16. The van der Waals surface area contributed by atoms with Gasteiger partial charge in [0.25, 0.3) is 5.91 Å². The van der Waals surface area contributed by atoms with Crippen molar-refractivity contribution in [2.24, 2.45) is 0 Å². The fraction of sp³-hybridized carbons (Fsp3) is 0.0909. The summed E-state index contributed by atoms with van der Waals surface area (Å²) in [5.41, 5.74) is 1.34. The van der Waals surface area contributed by atoms with Crippen molar-refractivity contribution in [2.45, 2.75) is 17.1 Å². The van der Waals surface area contributed by atoms with E-state index < -0.39 is 5.25 Å². The SMILES string of the molecule is CC(Sc1cccc(NC(=O)c2ccc(Cl)cc2Cl)c1)C(=O)Nc1cccc(Cl)c1Cl. The topological polar surface area (TPSA) is 58.2 Å². The van der Waals surface area contributed by atoms with E-state index in [1.807, 2.05) is 6.07 Å². The molecule has 0 heterocycles. The zero-order chi connectivity index (χ0) is 22.5. The second-order valence-corrected chi connectivity index (χ2v) is 9.50. The molecule has 2 amide bonds. The average molecular weight is 514 g/mol. The standard InChI is InChI=1S/C22H16Cl4N2O2S/c1-12(21(29)28-19-7-3-6-17(24)20(19)26)31-15-5-2-4-14(11-15)27-22(30)16-9-8-13(23)10-18(16)25/h2-12H,1H3,(H,27,30)(H,28,29). The number of thioether (sulfide) groups is 1. The molecule has 4 nitrogen and oxygen atoms in total. The predicted molar refractivity (Wildman–Crippen MR) is 131 cm³/mol. The minimum atomic E-state index is -0.424. The van der Waals surface area contributed by atoms with Gasteiger partial charge in [0.2, 0.25) is 5.91 Å². The summed E-state index contributed by atoms with van der Waals surface area (Å²) < 4.78 is 0. The number of hydrogen-bond donors (Lipinski definition) is 2. The van der Waals surface area contributed by atoms with Crippen LogP contribution in [-0.2, 0) is 4.79 Å². The quantitative estimate of drug-likeness (QED) is 0.332. The Kier molecular flexibility index (Phi) is 8.14. The van der Waals surface area contributed by atoms with Crippen molar-refractivity contribution in [3.8, 4) is 0 Å². The highest BCUT2D eigenvalue weighted by atomic mass is 35.5. The van der Waals surface area contributed by atoms with Gasteiger partial charge in [0.1, 0.15) is 0 Å². The molecule has 0 spiro atoms. The van der Waals surface area contributed by atoms with Crippen LogP contribution in [0.15, 0.2) is 65.6 Å². The Morgan fingerprint density at radius 2 is 1.61 bits per heavy atom. The molecule has 0 bridgehead atoms. The molecule has 1 unspecified atom stereocenters. The van der Waals surface area contributed by atoms with Crippen molar-refractivity contribution in [3.63, 3.8) is 0 Å². The molecule has 0 saturated heterocycles. The summed E-state index contributed by atoms with van der Waals surface area (Å²) in [6.45, 7) is 1.77. The number of carbonyl (C=O) groups is 2. The smallest absolute Gasteiger partial charge is 0.257 e. The van der Waals surface area contributed by atoms with E-state index in [-0.39, 0.29) is 16.8 Å². The molecule has 0 aromatic heterocycles. The van der Waals surface area contributed by atoms with Gasteiger partial charge in [0, 0.05) is 15.6 Å². The van der Waals surface area contributed by atoms with E-state index in [9.17, 15) is 9.59 Å². The van der Waals surface area contributed by atoms with Crippen LogP contribution in [0.25, 0.3) is 0 Å². The molecule has 0 fully saturated rings. The Morgan fingerprint density at radius 1 is 0.871 bits per heavy atom. The number of rotatable bonds is 6. The molecule has 0 saturated carbocycles. The minimum absolute atomic E-state index is 0.225. The lowest BCUT2D eigenvalue weighted by Gasteiger charge is -2.14. The van der Waals surface area contributed by atoms with Gasteiger partial charge in [-0.15, -0.1) is 11.8 Å². The molecule has 160 valence electrons. The molecular formula is C22H16Cl4N2O2S. The zero-order valence-electron chi connectivity index (χ0n) is 16.1. The van der Waals surface area contributed by atoms with Crippen LogP contribution in [0.5, 0.6) is 0 Å². The third kappa shape index (κ3) is 6.31. The van der Waals surface area contributed by atoms with E-state index in [1.165, 1.54) is 17.8 Å². The van der Waals surface area contributed by atoms with E-state index in [0.717, 1.165) is 4.90 Å². The van der Waals surface area contributed by atoms with Crippen molar-refractivity contribution < 1.29 is 9.59 Å². The lowest BCUT2D eigenvalue weighted by atomic mass is 10.2. The van der Waals surface area contributed by atoms with Gasteiger partial charge in [-0.2, -0.15) is 0 Å². The first-order valence-electron chi connectivity index (χ1n) is 9.02. The second-order valence-electron chi connectivity index (χ2n) is 6.46. The largest absolute Gasteiger partial charge is 0.324 e. The summed E-state index contributed by atoms with van der Waals surface area (Å²) in [7, 11) is 0. The van der Waals surface area contributed by atoms with Crippen LogP contribution >= 0.6 is 58.2 Å². The molecule has 9 heteroatoms. The molecule has 0 radical (unpaired) electrons. The Labute approximate surface area is 204 Å². The average Bonchev–Trinajstić information content (AvgIpc) is 2.71. The van der Waals surface area contributed by atoms with E-state index in [2.05, 4.69) is 10.6 Å². The van der Waals surface area contributed by atoms with Crippen molar-refractivity contribution in [1.82, 2.24) is 0 Å². The summed E-state index contributed by atoms with van der Waals surface area (Å²) in [5, 5.41) is 6.53. The number of halogens is 4. The molecule has 3 aromatic carbocycles. The van der Waals surface area contributed by atoms with Gasteiger partial charge in [-0.1, -0.05) is 58.5 Å². The number of nitrogens with one attached hydrogen (secondary N) is 2. The van der Waals surface area contributed by atoms with Gasteiger partial charge in [-0.05, 0) is 55.5 Å². The van der Waals surface area contributed by atoms with Crippen molar-refractivity contribution in [3.05, 3.63) is 86.3 Å². The van der Waals surface area contributed by atoms with Gasteiger partial charge in [-0.25, -0.2) is 0 Å². The van der Waals surface area contributed by atoms with E-state index in [4.69, 9.17) is 46.4 Å². The molecule has 1 atom stereocenters. The minimum Gasteiger partial charge on any atom is -0.324 e. The van der Waals surface area contributed by atoms with Crippen LogP contribution in [-0.4, -0.2) is 17.1 Å². The van der Waals surface area contributed by atoms with E-state index >= 15 is 0 Å². The lowest BCUT2D eigenvalue weighted by molar-refractivity contribution is -0.115. The fourth-order valence-corrected chi connectivity index (χ4v) is 4.38. The highest BCUT2D eigenvalue weighted by molar-refractivity contribution is 8.00. The number of amides is 2. The monoisotopic (exact) mass is 512 g/mol. The second kappa shape index (κ2) is 10.6. The molecule has 0 aliphatic heterocycles. The maximum Gasteiger partial charge on any atom is 0.257 e. The summed E-state index contributed by atoms with van der Waals surface area (Å²) >= 11 is 25.4. The first-order chi connectivity index (χ1) is 14.7. The summed E-state index contributed by atoms with van der Waals surface area (Å²) in [6.07, 6.45) is 0. The fourth-order valence-electron chi connectivity index (χ4n) is 2.61. The number of hydrogen-bond acceptors (Lipinski definition) is 3.